The summed E-state index contributed by atoms with van der Waals surface area (Å²) in [7, 11) is 4.57. The molecule has 2 aromatic carbocycles. The Morgan fingerprint density at radius 2 is 1.59 bits per heavy atom. The van der Waals surface area contributed by atoms with E-state index >= 15 is 0 Å². The summed E-state index contributed by atoms with van der Waals surface area (Å²) < 4.78 is 17.7. The van der Waals surface area contributed by atoms with Gasteiger partial charge < -0.3 is 19.5 Å². The molecular formula is C21H22ClN3O4. The van der Waals surface area contributed by atoms with E-state index in [0.29, 0.717) is 33.5 Å². The minimum Gasteiger partial charge on any atom is -0.493 e. The molecule has 0 aliphatic heterocycles. The number of anilines is 1. The maximum absolute atomic E-state index is 12.7. The third-order valence-electron chi connectivity index (χ3n) is 4.50. The number of nitrogens with one attached hydrogen (secondary N) is 1. The van der Waals surface area contributed by atoms with Crippen molar-refractivity contribution in [3.63, 3.8) is 0 Å². The topological polar surface area (TPSA) is 74.6 Å². The fourth-order valence-electron chi connectivity index (χ4n) is 2.99. The van der Waals surface area contributed by atoms with Gasteiger partial charge in [0.1, 0.15) is 0 Å². The lowest BCUT2D eigenvalue weighted by molar-refractivity contribution is 0.102. The average Bonchev–Trinajstić information content (AvgIpc) is 3.00. The molecule has 1 aromatic heterocycles. The summed E-state index contributed by atoms with van der Waals surface area (Å²) in [4.78, 5) is 12.7. The van der Waals surface area contributed by atoms with Gasteiger partial charge in [-0.2, -0.15) is 5.10 Å². The minimum atomic E-state index is -0.266. The second kappa shape index (κ2) is 8.45. The van der Waals surface area contributed by atoms with E-state index in [1.807, 2.05) is 26.0 Å². The summed E-state index contributed by atoms with van der Waals surface area (Å²) in [6, 6.07) is 10.4. The lowest BCUT2D eigenvalue weighted by Gasteiger charge is -2.14. The Labute approximate surface area is 174 Å². The first-order chi connectivity index (χ1) is 13.9. The molecule has 1 N–H and O–H groups in total. The van der Waals surface area contributed by atoms with Crippen LogP contribution in [0, 0.1) is 13.8 Å². The summed E-state index contributed by atoms with van der Waals surface area (Å²) >= 11 is 6.21. The molecule has 0 aliphatic rings. The van der Waals surface area contributed by atoms with Crippen molar-refractivity contribution in [1.29, 1.82) is 0 Å². The van der Waals surface area contributed by atoms with Gasteiger partial charge in [-0.25, -0.2) is 4.68 Å². The SMILES string of the molecule is COc1cc(NC(=O)c2ccc(-n3nc(C)c(Cl)c3C)cc2)cc(OC)c1OC. The number of benzene rings is 2. The lowest BCUT2D eigenvalue weighted by Crippen LogP contribution is -2.12. The first-order valence-corrected chi connectivity index (χ1v) is 9.21. The van der Waals surface area contributed by atoms with Crippen molar-refractivity contribution in [3.8, 4) is 22.9 Å². The molecule has 0 spiro atoms. The van der Waals surface area contributed by atoms with Gasteiger partial charge in [0.2, 0.25) is 5.75 Å². The number of nitrogens with zero attached hydrogens (tertiary/aromatic N) is 2. The summed E-state index contributed by atoms with van der Waals surface area (Å²) in [6.45, 7) is 3.75. The average molecular weight is 416 g/mol. The van der Waals surface area contributed by atoms with Crippen LogP contribution < -0.4 is 19.5 Å². The molecule has 0 unspecified atom stereocenters. The van der Waals surface area contributed by atoms with E-state index in [0.717, 1.165) is 17.1 Å². The normalized spacial score (nSPS) is 10.6. The standard InChI is InChI=1S/C21H22ClN3O4/c1-12-19(22)13(2)25(24-12)16-8-6-14(7-9-16)21(26)23-15-10-17(27-3)20(29-5)18(11-15)28-4/h6-11H,1-5H3,(H,23,26). The van der Waals surface area contributed by atoms with Gasteiger partial charge in [-0.05, 0) is 38.1 Å². The molecule has 3 aromatic rings. The van der Waals surface area contributed by atoms with E-state index in [1.54, 1.807) is 28.9 Å². The fraction of sp³-hybridized carbons (Fsp3) is 0.238. The highest BCUT2D eigenvalue weighted by atomic mass is 35.5. The zero-order valence-electron chi connectivity index (χ0n) is 16.9. The maximum atomic E-state index is 12.7. The largest absolute Gasteiger partial charge is 0.493 e. The number of halogens is 1. The Morgan fingerprint density at radius 1 is 1.00 bits per heavy atom. The Bertz CT molecular complexity index is 1020. The second-order valence-electron chi connectivity index (χ2n) is 6.31. The molecule has 0 atom stereocenters. The number of rotatable bonds is 6. The molecule has 0 saturated carbocycles. The van der Waals surface area contributed by atoms with Crippen LogP contribution in [-0.4, -0.2) is 37.0 Å². The van der Waals surface area contributed by atoms with E-state index in [1.165, 1.54) is 21.3 Å². The predicted octanol–water partition coefficient (Wildman–Crippen LogP) is 4.42. The molecule has 1 amide bonds. The van der Waals surface area contributed by atoms with E-state index in [9.17, 15) is 4.79 Å². The summed E-state index contributed by atoms with van der Waals surface area (Å²) in [5.41, 5.74) is 3.45. The van der Waals surface area contributed by atoms with Gasteiger partial charge in [-0.15, -0.1) is 0 Å². The Balaban J connectivity index is 1.84. The summed E-state index contributed by atoms with van der Waals surface area (Å²) in [5.74, 6) is 1.11. The molecule has 0 fully saturated rings. The van der Waals surface area contributed by atoms with Crippen molar-refractivity contribution < 1.29 is 19.0 Å². The van der Waals surface area contributed by atoms with Crippen LogP contribution in [0.2, 0.25) is 5.02 Å². The monoisotopic (exact) mass is 415 g/mol. The second-order valence-corrected chi connectivity index (χ2v) is 6.69. The van der Waals surface area contributed by atoms with Gasteiger partial charge in [0, 0.05) is 23.4 Å². The van der Waals surface area contributed by atoms with E-state index in [-0.39, 0.29) is 5.91 Å². The van der Waals surface area contributed by atoms with Crippen molar-refractivity contribution in [3.05, 3.63) is 58.4 Å². The third kappa shape index (κ3) is 4.00. The lowest BCUT2D eigenvalue weighted by atomic mass is 10.1. The van der Waals surface area contributed by atoms with Crippen LogP contribution in [0.4, 0.5) is 5.69 Å². The maximum Gasteiger partial charge on any atom is 0.255 e. The Morgan fingerprint density at radius 3 is 2.03 bits per heavy atom. The van der Waals surface area contributed by atoms with Crippen LogP contribution in [0.15, 0.2) is 36.4 Å². The Kier molecular flexibility index (Phi) is 5.98. The highest BCUT2D eigenvalue weighted by Crippen LogP contribution is 2.40. The van der Waals surface area contributed by atoms with Crippen LogP contribution in [0.3, 0.4) is 0 Å². The summed E-state index contributed by atoms with van der Waals surface area (Å²) in [5, 5.41) is 7.90. The van der Waals surface area contributed by atoms with E-state index in [4.69, 9.17) is 25.8 Å². The zero-order chi connectivity index (χ0) is 21.1. The zero-order valence-corrected chi connectivity index (χ0v) is 17.6. The number of aromatic nitrogens is 2. The molecule has 0 bridgehead atoms. The Hall–Kier alpha value is -3.19. The molecule has 29 heavy (non-hydrogen) atoms. The number of ether oxygens (including phenoxy) is 3. The van der Waals surface area contributed by atoms with Gasteiger partial charge in [0.05, 0.1) is 43.4 Å². The fourth-order valence-corrected chi connectivity index (χ4v) is 3.10. The highest BCUT2D eigenvalue weighted by molar-refractivity contribution is 6.31. The quantitative estimate of drug-likeness (QED) is 0.645. The minimum absolute atomic E-state index is 0.266. The molecule has 152 valence electrons. The molecule has 8 heteroatoms. The van der Waals surface area contributed by atoms with Gasteiger partial charge in [-0.3, -0.25) is 4.79 Å². The molecule has 1 heterocycles. The van der Waals surface area contributed by atoms with Gasteiger partial charge >= 0.3 is 0 Å². The first kappa shape index (κ1) is 20.5. The van der Waals surface area contributed by atoms with Crippen LogP contribution in [-0.2, 0) is 0 Å². The third-order valence-corrected chi connectivity index (χ3v) is 5.05. The highest BCUT2D eigenvalue weighted by Gasteiger charge is 2.16. The molecule has 0 radical (unpaired) electrons. The van der Waals surface area contributed by atoms with E-state index < -0.39 is 0 Å². The van der Waals surface area contributed by atoms with Gasteiger partial charge in [-0.1, -0.05) is 11.6 Å². The van der Waals surface area contributed by atoms with E-state index in [2.05, 4.69) is 10.4 Å². The number of amides is 1. The van der Waals surface area contributed by atoms with Crippen molar-refractivity contribution in [1.82, 2.24) is 9.78 Å². The number of methoxy groups -OCH3 is 3. The van der Waals surface area contributed by atoms with Crippen LogP contribution in [0.25, 0.3) is 5.69 Å². The predicted molar refractivity (Wildman–Crippen MR) is 112 cm³/mol. The molecule has 0 saturated heterocycles. The molecule has 3 rings (SSSR count). The van der Waals surface area contributed by atoms with Crippen molar-refractivity contribution in [2.45, 2.75) is 13.8 Å². The number of carbonyl (C=O) groups excluding carboxylic acids is 1. The van der Waals surface area contributed by atoms with Gasteiger partial charge in [0.25, 0.3) is 5.91 Å². The number of hydrogen-bond acceptors (Lipinski definition) is 5. The number of hydrogen-bond donors (Lipinski definition) is 1. The number of carbonyl (C=O) groups is 1. The molecule has 0 aliphatic carbocycles. The van der Waals surface area contributed by atoms with Crippen LogP contribution in [0.5, 0.6) is 17.2 Å². The first-order valence-electron chi connectivity index (χ1n) is 8.83. The van der Waals surface area contributed by atoms with Crippen molar-refractivity contribution in [2.24, 2.45) is 0 Å². The molecular weight excluding hydrogens is 394 g/mol. The van der Waals surface area contributed by atoms with Crippen LogP contribution in [0.1, 0.15) is 21.7 Å². The van der Waals surface area contributed by atoms with Gasteiger partial charge in [0.15, 0.2) is 11.5 Å². The smallest absolute Gasteiger partial charge is 0.255 e. The van der Waals surface area contributed by atoms with Crippen LogP contribution >= 0.6 is 11.6 Å². The van der Waals surface area contributed by atoms with Crippen molar-refractivity contribution in [2.75, 3.05) is 26.6 Å². The number of aryl methyl sites for hydroxylation is 1. The van der Waals surface area contributed by atoms with Crippen molar-refractivity contribution >= 4 is 23.2 Å². The molecule has 7 nitrogen and oxygen atoms in total. The summed E-state index contributed by atoms with van der Waals surface area (Å²) in [6.07, 6.45) is 0.